The Morgan fingerprint density at radius 1 is 1.30 bits per heavy atom. The van der Waals surface area contributed by atoms with E-state index in [1.165, 1.54) is 6.92 Å². The van der Waals surface area contributed by atoms with Gasteiger partial charge in [-0.05, 0) is 25.8 Å². The fourth-order valence-electron chi connectivity index (χ4n) is 1.94. The summed E-state index contributed by atoms with van der Waals surface area (Å²) in [4.78, 5) is 6.16. The molecule has 20 heavy (non-hydrogen) atoms. The minimum Gasteiger partial charge on any atom is -0.354 e. The van der Waals surface area contributed by atoms with Gasteiger partial charge in [0.05, 0.1) is 5.57 Å². The topological polar surface area (TPSA) is 27.6 Å². The minimum atomic E-state index is -4.35. The van der Waals surface area contributed by atoms with Crippen LogP contribution in [0.1, 0.15) is 27.2 Å². The summed E-state index contributed by atoms with van der Waals surface area (Å²) in [5.74, 6) is 0.664. The standard InChI is InChI=1S/C14H22F3N3/c1-4-11(3)13(20-8-6-18-7-9-20)19-10-12(5-2)14(15,16)17/h5,10,18H,4,6-9H2,1-3H3/b12-5+,13-11-,19-10-. The molecule has 0 amide bonds. The maximum Gasteiger partial charge on any atom is 0.417 e. The highest BCUT2D eigenvalue weighted by Crippen LogP contribution is 2.25. The lowest BCUT2D eigenvalue weighted by Gasteiger charge is -2.30. The molecule has 0 aliphatic carbocycles. The van der Waals surface area contributed by atoms with Crippen LogP contribution >= 0.6 is 0 Å². The molecular weight excluding hydrogens is 267 g/mol. The summed E-state index contributed by atoms with van der Waals surface area (Å²) < 4.78 is 38.1. The van der Waals surface area contributed by atoms with Crippen LogP contribution in [0.5, 0.6) is 0 Å². The van der Waals surface area contributed by atoms with Crippen LogP contribution < -0.4 is 5.32 Å². The van der Waals surface area contributed by atoms with Crippen molar-refractivity contribution >= 4 is 6.21 Å². The zero-order valence-corrected chi connectivity index (χ0v) is 12.2. The fourth-order valence-corrected chi connectivity index (χ4v) is 1.94. The van der Waals surface area contributed by atoms with Gasteiger partial charge >= 0.3 is 6.18 Å². The Labute approximate surface area is 118 Å². The second-order valence-corrected chi connectivity index (χ2v) is 4.69. The van der Waals surface area contributed by atoms with E-state index < -0.39 is 11.7 Å². The van der Waals surface area contributed by atoms with E-state index in [0.29, 0.717) is 5.82 Å². The van der Waals surface area contributed by atoms with Crippen LogP contribution in [0.3, 0.4) is 0 Å². The molecule has 0 saturated carbocycles. The molecule has 1 aliphatic rings. The van der Waals surface area contributed by atoms with Crippen molar-refractivity contribution in [3.05, 3.63) is 23.0 Å². The van der Waals surface area contributed by atoms with Gasteiger partial charge in [0.15, 0.2) is 0 Å². The van der Waals surface area contributed by atoms with Crippen LogP contribution in [0.15, 0.2) is 28.0 Å². The Morgan fingerprint density at radius 2 is 1.90 bits per heavy atom. The number of rotatable bonds is 4. The summed E-state index contributed by atoms with van der Waals surface area (Å²) in [7, 11) is 0. The summed E-state index contributed by atoms with van der Waals surface area (Å²) in [6.45, 7) is 8.45. The molecule has 3 nitrogen and oxygen atoms in total. The predicted octanol–water partition coefficient (Wildman–Crippen LogP) is 3.11. The van der Waals surface area contributed by atoms with Gasteiger partial charge in [-0.2, -0.15) is 13.2 Å². The van der Waals surface area contributed by atoms with Crippen LogP contribution in [-0.2, 0) is 0 Å². The number of alkyl halides is 3. The molecule has 114 valence electrons. The van der Waals surface area contributed by atoms with Crippen LogP contribution in [0.25, 0.3) is 0 Å². The maximum absolute atomic E-state index is 12.7. The number of piperazine rings is 1. The van der Waals surface area contributed by atoms with Crippen molar-refractivity contribution in [2.24, 2.45) is 4.99 Å². The second-order valence-electron chi connectivity index (χ2n) is 4.69. The van der Waals surface area contributed by atoms with Crippen LogP contribution in [-0.4, -0.2) is 43.5 Å². The minimum absolute atomic E-state index is 0.664. The molecule has 1 heterocycles. The van der Waals surface area contributed by atoms with Gasteiger partial charge in [0, 0.05) is 32.4 Å². The number of halogens is 3. The molecule has 0 unspecified atom stereocenters. The van der Waals surface area contributed by atoms with Crippen molar-refractivity contribution in [3.63, 3.8) is 0 Å². The molecule has 1 aliphatic heterocycles. The molecule has 1 rings (SSSR count). The normalized spacial score (nSPS) is 19.5. The van der Waals surface area contributed by atoms with E-state index in [1.54, 1.807) is 0 Å². The van der Waals surface area contributed by atoms with E-state index in [9.17, 15) is 13.2 Å². The largest absolute Gasteiger partial charge is 0.417 e. The molecule has 1 N–H and O–H groups in total. The SMILES string of the molecule is C\C=C(/C=N\C(=C(/C)CC)N1CCNCC1)C(F)(F)F. The number of aliphatic imine (C=N–C) groups is 1. The number of nitrogens with zero attached hydrogens (tertiary/aromatic N) is 2. The van der Waals surface area contributed by atoms with Gasteiger partial charge < -0.3 is 10.2 Å². The van der Waals surface area contributed by atoms with Crippen molar-refractivity contribution in [3.8, 4) is 0 Å². The summed E-state index contributed by atoms with van der Waals surface area (Å²) in [5.41, 5.74) is 0.287. The Hall–Kier alpha value is -1.30. The first-order chi connectivity index (χ1) is 9.40. The van der Waals surface area contributed by atoms with Crippen LogP contribution in [0, 0.1) is 0 Å². The van der Waals surface area contributed by atoms with Gasteiger partial charge in [0.25, 0.3) is 0 Å². The highest BCUT2D eigenvalue weighted by atomic mass is 19.4. The van der Waals surface area contributed by atoms with Crippen molar-refractivity contribution in [2.75, 3.05) is 26.2 Å². The third-order valence-corrected chi connectivity index (χ3v) is 3.29. The van der Waals surface area contributed by atoms with Crippen LogP contribution in [0.2, 0.25) is 0 Å². The number of hydrogen-bond acceptors (Lipinski definition) is 3. The number of hydrogen-bond donors (Lipinski definition) is 1. The molecule has 0 bridgehead atoms. The molecule has 1 fully saturated rings. The molecule has 0 radical (unpaired) electrons. The number of nitrogens with one attached hydrogen (secondary N) is 1. The molecule has 0 atom stereocenters. The van der Waals surface area contributed by atoms with E-state index >= 15 is 0 Å². The zero-order valence-electron chi connectivity index (χ0n) is 12.2. The average Bonchev–Trinajstić information content (AvgIpc) is 2.42. The quantitative estimate of drug-likeness (QED) is 0.805. The summed E-state index contributed by atoms with van der Waals surface area (Å²) in [5, 5.41) is 3.22. The summed E-state index contributed by atoms with van der Waals surface area (Å²) in [6, 6.07) is 0. The predicted molar refractivity (Wildman–Crippen MR) is 75.7 cm³/mol. The fraction of sp³-hybridized carbons (Fsp3) is 0.643. The van der Waals surface area contributed by atoms with E-state index in [2.05, 4.69) is 10.3 Å². The van der Waals surface area contributed by atoms with Gasteiger partial charge in [0.1, 0.15) is 5.82 Å². The molecule has 0 aromatic rings. The van der Waals surface area contributed by atoms with E-state index in [4.69, 9.17) is 0 Å². The lowest BCUT2D eigenvalue weighted by atomic mass is 10.2. The molecule has 0 aromatic carbocycles. The van der Waals surface area contributed by atoms with E-state index in [-0.39, 0.29) is 0 Å². The summed E-state index contributed by atoms with van der Waals surface area (Å²) >= 11 is 0. The third kappa shape index (κ3) is 4.67. The van der Waals surface area contributed by atoms with Crippen molar-refractivity contribution in [1.29, 1.82) is 0 Å². The first-order valence-electron chi connectivity index (χ1n) is 6.83. The van der Waals surface area contributed by atoms with Crippen molar-refractivity contribution in [1.82, 2.24) is 10.2 Å². The Bertz CT molecular complexity index is 402. The van der Waals surface area contributed by atoms with Gasteiger partial charge in [-0.1, -0.05) is 13.0 Å². The Balaban J connectivity index is 2.96. The van der Waals surface area contributed by atoms with Gasteiger partial charge in [-0.25, -0.2) is 4.99 Å². The van der Waals surface area contributed by atoms with Gasteiger partial charge in [-0.3, -0.25) is 0 Å². The molecular formula is C14H22F3N3. The highest BCUT2D eigenvalue weighted by molar-refractivity contribution is 5.80. The second kappa shape index (κ2) is 7.47. The van der Waals surface area contributed by atoms with Gasteiger partial charge in [0.2, 0.25) is 0 Å². The van der Waals surface area contributed by atoms with Crippen molar-refractivity contribution < 1.29 is 13.2 Å². The van der Waals surface area contributed by atoms with E-state index in [1.807, 2.05) is 18.7 Å². The van der Waals surface area contributed by atoms with Crippen LogP contribution in [0.4, 0.5) is 13.2 Å². The molecule has 0 spiro atoms. The molecule has 6 heteroatoms. The van der Waals surface area contributed by atoms with Crippen molar-refractivity contribution in [2.45, 2.75) is 33.4 Å². The monoisotopic (exact) mass is 289 g/mol. The zero-order chi connectivity index (χ0) is 15.2. The first kappa shape index (κ1) is 16.8. The first-order valence-corrected chi connectivity index (χ1v) is 6.83. The lowest BCUT2D eigenvalue weighted by Crippen LogP contribution is -2.42. The smallest absolute Gasteiger partial charge is 0.354 e. The molecule has 0 aromatic heterocycles. The molecule has 1 saturated heterocycles. The summed E-state index contributed by atoms with van der Waals surface area (Å²) in [6.07, 6.45) is -1.61. The average molecular weight is 289 g/mol. The Morgan fingerprint density at radius 3 is 2.35 bits per heavy atom. The van der Waals surface area contributed by atoms with E-state index in [0.717, 1.165) is 50.5 Å². The lowest BCUT2D eigenvalue weighted by molar-refractivity contribution is -0.0857. The third-order valence-electron chi connectivity index (χ3n) is 3.29. The van der Waals surface area contributed by atoms with Gasteiger partial charge in [-0.15, -0.1) is 0 Å². The maximum atomic E-state index is 12.7. The number of allylic oxidation sites excluding steroid dienone is 3. The highest BCUT2D eigenvalue weighted by Gasteiger charge is 2.31. The Kier molecular flexibility index (Phi) is 6.26.